The van der Waals surface area contributed by atoms with Crippen LogP contribution in [-0.4, -0.2) is 43.4 Å². The molecule has 1 N–H and O–H groups in total. The van der Waals surface area contributed by atoms with Gasteiger partial charge in [0.15, 0.2) is 11.5 Å². The van der Waals surface area contributed by atoms with Crippen molar-refractivity contribution >= 4 is 28.8 Å². The van der Waals surface area contributed by atoms with Gasteiger partial charge < -0.3 is 15.0 Å². The number of hydrogen-bond donors (Lipinski definition) is 1. The molecule has 0 saturated carbocycles. The smallest absolute Gasteiger partial charge is 0.275 e. The average Bonchev–Trinajstić information content (AvgIpc) is 2.77. The molecule has 1 aliphatic carbocycles. The van der Waals surface area contributed by atoms with Gasteiger partial charge in [0, 0.05) is 13.2 Å². The van der Waals surface area contributed by atoms with Crippen LogP contribution in [0.4, 0.5) is 11.4 Å². The summed E-state index contributed by atoms with van der Waals surface area (Å²) in [5.74, 6) is 0.528. The summed E-state index contributed by atoms with van der Waals surface area (Å²) in [5, 5.41) is 2.79. The zero-order valence-electron chi connectivity index (χ0n) is 18.8. The van der Waals surface area contributed by atoms with Crippen molar-refractivity contribution in [3.8, 4) is 0 Å². The standard InChI is InChI=1S/C25H32N4O2/c1-4-7-19-14-21-22(15-18(19)5-2)29(24-23(28-21)25(30)27-16-26-24)12-6-13-31-20-10-8-17(3)9-11-20/h8-10,14-15,20H,4-7,11-13,16H2,1-3H3,(H,27,30). The molecule has 1 amide bonds. The maximum Gasteiger partial charge on any atom is 0.275 e. The lowest BCUT2D eigenvalue weighted by Gasteiger charge is -2.34. The highest BCUT2D eigenvalue weighted by atomic mass is 16.5. The van der Waals surface area contributed by atoms with Crippen molar-refractivity contribution in [2.45, 2.75) is 59.0 Å². The molecule has 6 nitrogen and oxygen atoms in total. The molecular weight excluding hydrogens is 388 g/mol. The van der Waals surface area contributed by atoms with E-state index >= 15 is 0 Å². The molecule has 0 fully saturated rings. The van der Waals surface area contributed by atoms with Gasteiger partial charge in [-0.2, -0.15) is 0 Å². The van der Waals surface area contributed by atoms with E-state index in [-0.39, 0.29) is 12.0 Å². The molecule has 0 aromatic heterocycles. The highest BCUT2D eigenvalue weighted by molar-refractivity contribution is 6.70. The first-order chi connectivity index (χ1) is 15.1. The van der Waals surface area contributed by atoms with E-state index in [1.807, 2.05) is 0 Å². The second-order valence-corrected chi connectivity index (χ2v) is 8.28. The first-order valence-electron chi connectivity index (χ1n) is 11.4. The Hall–Kier alpha value is -2.73. The van der Waals surface area contributed by atoms with Crippen molar-refractivity contribution in [1.82, 2.24) is 5.32 Å². The lowest BCUT2D eigenvalue weighted by atomic mass is 9.97. The molecule has 1 aromatic carbocycles. The number of nitrogens with one attached hydrogen (secondary N) is 1. The summed E-state index contributed by atoms with van der Waals surface area (Å²) in [6, 6.07) is 4.41. The summed E-state index contributed by atoms with van der Waals surface area (Å²) in [4.78, 5) is 24.0. The minimum Gasteiger partial charge on any atom is -0.374 e. The first kappa shape index (κ1) is 21.5. The van der Waals surface area contributed by atoms with Crippen LogP contribution in [0.3, 0.4) is 0 Å². The number of aliphatic imine (C=N–C) groups is 2. The molecule has 0 radical (unpaired) electrons. The van der Waals surface area contributed by atoms with E-state index in [9.17, 15) is 4.79 Å². The largest absolute Gasteiger partial charge is 0.374 e. The van der Waals surface area contributed by atoms with Crippen molar-refractivity contribution in [2.75, 3.05) is 24.7 Å². The highest BCUT2D eigenvalue weighted by Gasteiger charge is 2.33. The van der Waals surface area contributed by atoms with Crippen molar-refractivity contribution in [3.63, 3.8) is 0 Å². The van der Waals surface area contributed by atoms with Gasteiger partial charge in [0.25, 0.3) is 5.91 Å². The normalized spacial score (nSPS) is 19.8. The second kappa shape index (κ2) is 9.60. The predicted molar refractivity (Wildman–Crippen MR) is 127 cm³/mol. The highest BCUT2D eigenvalue weighted by Crippen LogP contribution is 2.37. The molecule has 164 valence electrons. The minimum atomic E-state index is -0.150. The van der Waals surface area contributed by atoms with Crippen molar-refractivity contribution in [3.05, 3.63) is 47.1 Å². The number of carbonyl (C=O) groups is 1. The maximum atomic E-state index is 12.5. The van der Waals surface area contributed by atoms with E-state index in [1.54, 1.807) is 0 Å². The predicted octanol–water partition coefficient (Wildman–Crippen LogP) is 4.26. The fraction of sp³-hybridized carbons (Fsp3) is 0.480. The molecule has 0 bridgehead atoms. The zero-order valence-corrected chi connectivity index (χ0v) is 18.8. The molecule has 3 aliphatic rings. The molecular formula is C25H32N4O2. The molecule has 1 aromatic rings. The number of hydrogen-bond acceptors (Lipinski definition) is 5. The number of amidine groups is 1. The lowest BCUT2D eigenvalue weighted by Crippen LogP contribution is -2.50. The lowest BCUT2D eigenvalue weighted by molar-refractivity contribution is -0.114. The molecule has 1 unspecified atom stereocenters. The van der Waals surface area contributed by atoms with Crippen molar-refractivity contribution in [1.29, 1.82) is 0 Å². The van der Waals surface area contributed by atoms with E-state index in [0.29, 0.717) is 24.8 Å². The third-order valence-corrected chi connectivity index (χ3v) is 5.97. The van der Waals surface area contributed by atoms with Gasteiger partial charge >= 0.3 is 0 Å². The average molecular weight is 421 g/mol. The van der Waals surface area contributed by atoms with Crippen molar-refractivity contribution < 1.29 is 9.53 Å². The van der Waals surface area contributed by atoms with Gasteiger partial charge in [-0.15, -0.1) is 0 Å². The number of fused-ring (bicyclic) bond motifs is 2. The third kappa shape index (κ3) is 4.64. The summed E-state index contributed by atoms with van der Waals surface area (Å²) in [6.07, 6.45) is 11.5. The van der Waals surface area contributed by atoms with Crippen LogP contribution in [-0.2, 0) is 22.4 Å². The number of nitrogens with zero attached hydrogens (tertiary/aromatic N) is 3. The summed E-state index contributed by atoms with van der Waals surface area (Å²) >= 11 is 0. The Morgan fingerprint density at radius 2 is 2.13 bits per heavy atom. The second-order valence-electron chi connectivity index (χ2n) is 8.28. The van der Waals surface area contributed by atoms with Crippen LogP contribution in [0.15, 0.2) is 45.9 Å². The van der Waals surface area contributed by atoms with Crippen LogP contribution in [0.25, 0.3) is 0 Å². The van der Waals surface area contributed by atoms with Gasteiger partial charge in [-0.25, -0.2) is 9.98 Å². The molecule has 1 atom stereocenters. The zero-order chi connectivity index (χ0) is 21.8. The fourth-order valence-electron chi connectivity index (χ4n) is 4.31. The van der Waals surface area contributed by atoms with Gasteiger partial charge in [0.2, 0.25) is 0 Å². The van der Waals surface area contributed by atoms with Crippen LogP contribution in [0.5, 0.6) is 0 Å². The summed E-state index contributed by atoms with van der Waals surface area (Å²) in [6.45, 7) is 8.18. The molecule has 31 heavy (non-hydrogen) atoms. The Bertz CT molecular complexity index is 974. The monoisotopic (exact) mass is 420 g/mol. The van der Waals surface area contributed by atoms with Crippen LogP contribution in [0.1, 0.15) is 51.2 Å². The Balaban J connectivity index is 1.54. The molecule has 0 spiro atoms. The van der Waals surface area contributed by atoms with Crippen LogP contribution < -0.4 is 10.2 Å². The Labute approximate surface area is 184 Å². The van der Waals surface area contributed by atoms with E-state index in [0.717, 1.165) is 50.0 Å². The molecule has 2 aliphatic heterocycles. The summed E-state index contributed by atoms with van der Waals surface area (Å²) in [5.41, 5.74) is 6.28. The summed E-state index contributed by atoms with van der Waals surface area (Å²) in [7, 11) is 0. The SMILES string of the molecule is CCCc1cc2c(cc1CC)N(CCCOC1C=CC(C)=CC1)C1=NCNC(=O)C1=N2. The Morgan fingerprint density at radius 1 is 1.26 bits per heavy atom. The minimum absolute atomic E-state index is 0.149. The fourth-order valence-corrected chi connectivity index (χ4v) is 4.31. The number of benzene rings is 1. The number of anilines is 1. The quantitative estimate of drug-likeness (QED) is 0.639. The maximum absolute atomic E-state index is 12.5. The van der Waals surface area contributed by atoms with E-state index in [4.69, 9.17) is 9.73 Å². The van der Waals surface area contributed by atoms with Gasteiger partial charge in [-0.05, 0) is 55.9 Å². The third-order valence-electron chi connectivity index (χ3n) is 5.97. The number of ether oxygens (including phenoxy) is 1. The number of allylic oxidation sites excluding steroid dienone is 2. The number of rotatable bonds is 8. The molecule has 0 saturated heterocycles. The number of amides is 1. The van der Waals surface area contributed by atoms with E-state index in [2.05, 4.69) is 66.3 Å². The van der Waals surface area contributed by atoms with Gasteiger partial charge in [-0.3, -0.25) is 4.79 Å². The molecule has 2 heterocycles. The Morgan fingerprint density at radius 3 is 2.87 bits per heavy atom. The Kier molecular flexibility index (Phi) is 6.66. The van der Waals surface area contributed by atoms with Crippen molar-refractivity contribution in [2.24, 2.45) is 9.98 Å². The van der Waals surface area contributed by atoms with Crippen LogP contribution in [0.2, 0.25) is 0 Å². The van der Waals surface area contributed by atoms with Gasteiger partial charge in [0.1, 0.15) is 6.67 Å². The van der Waals surface area contributed by atoms with Crippen LogP contribution in [0, 0.1) is 0 Å². The van der Waals surface area contributed by atoms with Gasteiger partial charge in [0.05, 0.1) is 17.5 Å². The topological polar surface area (TPSA) is 66.3 Å². The van der Waals surface area contributed by atoms with Crippen LogP contribution >= 0.6 is 0 Å². The first-order valence-corrected chi connectivity index (χ1v) is 11.4. The van der Waals surface area contributed by atoms with E-state index in [1.165, 1.54) is 16.7 Å². The number of aryl methyl sites for hydroxylation is 2. The molecule has 4 rings (SSSR count). The summed E-state index contributed by atoms with van der Waals surface area (Å²) < 4.78 is 6.06. The van der Waals surface area contributed by atoms with E-state index < -0.39 is 0 Å². The molecule has 6 heteroatoms. The van der Waals surface area contributed by atoms with Gasteiger partial charge in [-0.1, -0.05) is 44.1 Å². The number of carbonyl (C=O) groups excluding carboxylic acids is 1.